The number of rotatable bonds is 5. The Morgan fingerprint density at radius 3 is 2.77 bits per heavy atom. The normalized spacial score (nSPS) is 13.6. The van der Waals surface area contributed by atoms with Crippen molar-refractivity contribution in [2.24, 2.45) is 0 Å². The second-order valence-electron chi connectivity index (χ2n) is 5.31. The van der Waals surface area contributed by atoms with Gasteiger partial charge in [-0.05, 0) is 25.0 Å². The van der Waals surface area contributed by atoms with Crippen molar-refractivity contribution in [1.82, 2.24) is 4.98 Å². The summed E-state index contributed by atoms with van der Waals surface area (Å²) in [5, 5.41) is 18.4. The predicted octanol–water partition coefficient (Wildman–Crippen LogP) is 2.45. The fourth-order valence-corrected chi connectivity index (χ4v) is 2.47. The lowest BCUT2D eigenvalue weighted by atomic mass is 9.98. The maximum atomic E-state index is 9.42. The average molecular weight is 295 g/mol. The summed E-state index contributed by atoms with van der Waals surface area (Å²) in [7, 11) is 0. The van der Waals surface area contributed by atoms with Gasteiger partial charge in [0.25, 0.3) is 0 Å². The Kier molecular flexibility index (Phi) is 3.94. The van der Waals surface area contributed by atoms with Gasteiger partial charge in [0.2, 0.25) is 0 Å². The van der Waals surface area contributed by atoms with Gasteiger partial charge in [-0.2, -0.15) is 5.26 Å². The van der Waals surface area contributed by atoms with Crippen LogP contribution >= 0.6 is 0 Å². The zero-order valence-corrected chi connectivity index (χ0v) is 12.1. The Morgan fingerprint density at radius 2 is 2.09 bits per heavy atom. The van der Waals surface area contributed by atoms with Crippen molar-refractivity contribution in [3.05, 3.63) is 41.6 Å². The minimum Gasteiger partial charge on any atom is -0.491 e. The number of nitrogen functional groups attached to an aromatic ring is 1. The van der Waals surface area contributed by atoms with Crippen LogP contribution in [0.1, 0.15) is 30.0 Å². The van der Waals surface area contributed by atoms with Gasteiger partial charge in [-0.3, -0.25) is 0 Å². The van der Waals surface area contributed by atoms with E-state index in [1.807, 2.05) is 30.3 Å². The third-order valence-corrected chi connectivity index (χ3v) is 3.70. The van der Waals surface area contributed by atoms with Crippen LogP contribution in [0.25, 0.3) is 11.1 Å². The highest BCUT2D eigenvalue weighted by molar-refractivity contribution is 5.79. The molecule has 3 rings (SSSR count). The quantitative estimate of drug-likeness (QED) is 0.884. The molecule has 0 bridgehead atoms. The molecule has 0 saturated heterocycles. The number of ether oxygens (including phenoxy) is 1. The molecule has 1 aromatic carbocycles. The smallest absolute Gasteiger partial charge is 0.142 e. The fraction of sp³-hybridized carbons (Fsp3) is 0.294. The first-order chi connectivity index (χ1) is 10.7. The van der Waals surface area contributed by atoms with Crippen LogP contribution in [0, 0.1) is 11.3 Å². The molecule has 0 unspecified atom stereocenters. The van der Waals surface area contributed by atoms with Crippen LogP contribution in [0.2, 0.25) is 0 Å². The van der Waals surface area contributed by atoms with E-state index >= 15 is 0 Å². The lowest BCUT2D eigenvalue weighted by Crippen LogP contribution is -2.05. The highest BCUT2D eigenvalue weighted by atomic mass is 16.5. The Balaban J connectivity index is 2.13. The number of nitrogens with two attached hydrogens (primary N) is 1. The Hall–Kier alpha value is -2.58. The first-order valence-corrected chi connectivity index (χ1v) is 7.28. The zero-order chi connectivity index (χ0) is 15.5. The van der Waals surface area contributed by atoms with E-state index in [2.05, 4.69) is 11.1 Å². The molecular formula is C17H17N3O2. The molecule has 0 radical (unpaired) electrons. The molecule has 5 heteroatoms. The molecule has 1 saturated carbocycles. The Morgan fingerprint density at radius 1 is 1.32 bits per heavy atom. The SMILES string of the molecule is N#Cc1c(-c2ccccc2OCCO)cc(C2CC2)nc1N. The molecule has 1 fully saturated rings. The maximum Gasteiger partial charge on any atom is 0.142 e. The van der Waals surface area contributed by atoms with Gasteiger partial charge in [0.1, 0.15) is 29.8 Å². The topological polar surface area (TPSA) is 92.2 Å². The molecule has 0 amide bonds. The molecule has 22 heavy (non-hydrogen) atoms. The predicted molar refractivity (Wildman–Crippen MR) is 83.4 cm³/mol. The summed E-state index contributed by atoms with van der Waals surface area (Å²) in [6.45, 7) is 0.139. The third kappa shape index (κ3) is 2.74. The van der Waals surface area contributed by atoms with Crippen LogP contribution in [-0.2, 0) is 0 Å². The number of hydrogen-bond acceptors (Lipinski definition) is 5. The van der Waals surface area contributed by atoms with Crippen molar-refractivity contribution >= 4 is 5.82 Å². The molecule has 1 aliphatic carbocycles. The van der Waals surface area contributed by atoms with Gasteiger partial charge in [0, 0.05) is 22.7 Å². The van der Waals surface area contributed by atoms with Gasteiger partial charge in [-0.15, -0.1) is 0 Å². The summed E-state index contributed by atoms with van der Waals surface area (Å²) in [5.74, 6) is 1.33. The molecule has 3 N–H and O–H groups in total. The molecule has 0 aliphatic heterocycles. The lowest BCUT2D eigenvalue weighted by molar-refractivity contribution is 0.202. The number of pyridine rings is 1. The van der Waals surface area contributed by atoms with Crippen molar-refractivity contribution in [1.29, 1.82) is 5.26 Å². The average Bonchev–Trinajstić information content (AvgIpc) is 3.37. The molecule has 0 atom stereocenters. The van der Waals surface area contributed by atoms with Crippen LogP contribution in [0.4, 0.5) is 5.82 Å². The second-order valence-corrected chi connectivity index (χ2v) is 5.31. The molecule has 0 spiro atoms. The van der Waals surface area contributed by atoms with Crippen LogP contribution < -0.4 is 10.5 Å². The number of benzene rings is 1. The highest BCUT2D eigenvalue weighted by Gasteiger charge is 2.27. The second kappa shape index (κ2) is 6.04. The molecule has 1 aromatic heterocycles. The minimum atomic E-state index is -0.0642. The van der Waals surface area contributed by atoms with Crippen molar-refractivity contribution in [2.75, 3.05) is 18.9 Å². The Labute approximate surface area is 129 Å². The van der Waals surface area contributed by atoms with E-state index in [0.29, 0.717) is 17.2 Å². The van der Waals surface area contributed by atoms with Gasteiger partial charge >= 0.3 is 0 Å². The minimum absolute atomic E-state index is 0.0642. The van der Waals surface area contributed by atoms with Gasteiger partial charge in [0.15, 0.2) is 0 Å². The first kappa shape index (κ1) is 14.4. The number of anilines is 1. The summed E-state index contributed by atoms with van der Waals surface area (Å²) < 4.78 is 5.58. The number of hydrogen-bond donors (Lipinski definition) is 2. The van der Waals surface area contributed by atoms with Crippen LogP contribution in [0.3, 0.4) is 0 Å². The number of aliphatic hydroxyl groups is 1. The van der Waals surface area contributed by atoms with Crippen LogP contribution in [-0.4, -0.2) is 23.3 Å². The standard InChI is InChI=1S/C17H17N3O2/c18-10-14-13(9-15(11-5-6-11)20-17(14)19)12-3-1-2-4-16(12)22-8-7-21/h1-4,9,11,21H,5-8H2,(H2,19,20). The van der Waals surface area contributed by atoms with Crippen LogP contribution in [0.15, 0.2) is 30.3 Å². The molecule has 112 valence electrons. The number of para-hydroxylation sites is 1. The van der Waals surface area contributed by atoms with Gasteiger partial charge in [-0.25, -0.2) is 4.98 Å². The van der Waals surface area contributed by atoms with E-state index in [9.17, 15) is 5.26 Å². The summed E-state index contributed by atoms with van der Waals surface area (Å²) in [4.78, 5) is 4.36. The molecule has 2 aromatic rings. The summed E-state index contributed by atoms with van der Waals surface area (Å²) >= 11 is 0. The van der Waals surface area contributed by atoms with E-state index in [4.69, 9.17) is 15.6 Å². The number of aromatic nitrogens is 1. The van der Waals surface area contributed by atoms with Gasteiger partial charge < -0.3 is 15.6 Å². The van der Waals surface area contributed by atoms with Crippen molar-refractivity contribution in [2.45, 2.75) is 18.8 Å². The fourth-order valence-electron chi connectivity index (χ4n) is 2.47. The number of nitrogens with zero attached hydrogens (tertiary/aromatic N) is 2. The summed E-state index contributed by atoms with van der Waals surface area (Å²) in [5.41, 5.74) is 8.81. The van der Waals surface area contributed by atoms with Crippen molar-refractivity contribution in [3.63, 3.8) is 0 Å². The first-order valence-electron chi connectivity index (χ1n) is 7.28. The molecule has 1 heterocycles. The number of aliphatic hydroxyl groups excluding tert-OH is 1. The number of nitriles is 1. The van der Waals surface area contributed by atoms with Crippen molar-refractivity contribution < 1.29 is 9.84 Å². The van der Waals surface area contributed by atoms with Crippen LogP contribution in [0.5, 0.6) is 5.75 Å². The Bertz CT molecular complexity index is 733. The molecule has 5 nitrogen and oxygen atoms in total. The van der Waals surface area contributed by atoms with E-state index in [-0.39, 0.29) is 19.0 Å². The van der Waals surface area contributed by atoms with E-state index in [1.54, 1.807) is 0 Å². The monoisotopic (exact) mass is 295 g/mol. The largest absolute Gasteiger partial charge is 0.491 e. The zero-order valence-electron chi connectivity index (χ0n) is 12.1. The van der Waals surface area contributed by atoms with E-state index in [1.165, 1.54) is 0 Å². The van der Waals surface area contributed by atoms with Gasteiger partial charge in [0.05, 0.1) is 6.61 Å². The van der Waals surface area contributed by atoms with Crippen molar-refractivity contribution in [3.8, 4) is 22.9 Å². The molecular weight excluding hydrogens is 278 g/mol. The maximum absolute atomic E-state index is 9.42. The van der Waals surface area contributed by atoms with E-state index < -0.39 is 0 Å². The third-order valence-electron chi connectivity index (χ3n) is 3.70. The van der Waals surface area contributed by atoms with Gasteiger partial charge in [-0.1, -0.05) is 18.2 Å². The van der Waals surface area contributed by atoms with E-state index in [0.717, 1.165) is 29.7 Å². The summed E-state index contributed by atoms with van der Waals surface area (Å²) in [6, 6.07) is 11.5. The molecule has 1 aliphatic rings. The highest BCUT2D eigenvalue weighted by Crippen LogP contribution is 2.42. The lowest BCUT2D eigenvalue weighted by Gasteiger charge is -2.14. The summed E-state index contributed by atoms with van der Waals surface area (Å²) in [6.07, 6.45) is 2.22.